The van der Waals surface area contributed by atoms with Gasteiger partial charge in [0.25, 0.3) is 5.91 Å². The Morgan fingerprint density at radius 2 is 1.48 bits per heavy atom. The van der Waals surface area contributed by atoms with Gasteiger partial charge in [-0.05, 0) is 70.3 Å². The first kappa shape index (κ1) is 61.9. The van der Waals surface area contributed by atoms with Gasteiger partial charge in [0.15, 0.2) is 5.96 Å². The lowest BCUT2D eigenvalue weighted by Gasteiger charge is -2.29. The summed E-state index contributed by atoms with van der Waals surface area (Å²) in [7, 11) is 2.81. The molecule has 13 N–H and O–H groups in total. The normalized spacial score (nSPS) is 27.5. The number of nitrogens with two attached hydrogens (primary N) is 2. The van der Waals surface area contributed by atoms with E-state index in [0.29, 0.717) is 24.8 Å². The Bertz CT molecular complexity index is 2340. The van der Waals surface area contributed by atoms with Crippen molar-refractivity contribution < 1.29 is 63.2 Å². The number of benzene rings is 1. The lowest BCUT2D eigenvalue weighted by Crippen LogP contribution is -2.59. The average molecular weight is 1050 g/mol. The quantitative estimate of drug-likeness (QED) is 0.0281. The highest BCUT2D eigenvalue weighted by Gasteiger charge is 2.38. The number of aliphatic imine (C=N–C) groups is 1. The first-order chi connectivity index (χ1) is 35.3. The molecule has 12 atom stereocenters. The van der Waals surface area contributed by atoms with Crippen molar-refractivity contribution in [2.75, 3.05) is 20.7 Å². The van der Waals surface area contributed by atoms with Gasteiger partial charge in [-0.3, -0.25) is 38.6 Å². The Morgan fingerprint density at radius 1 is 0.840 bits per heavy atom. The maximum absolute atomic E-state index is 14.5. The zero-order chi connectivity index (χ0) is 56.1. The van der Waals surface area contributed by atoms with Gasteiger partial charge in [0.05, 0.1) is 30.1 Å². The number of ether oxygens (including phenoxy) is 1. The van der Waals surface area contributed by atoms with Crippen molar-refractivity contribution in [2.24, 2.45) is 40.1 Å². The van der Waals surface area contributed by atoms with Crippen LogP contribution in [0.2, 0.25) is 0 Å². The van der Waals surface area contributed by atoms with Crippen LogP contribution in [0, 0.1) is 23.7 Å². The number of aliphatic carboxylic acids is 2. The molecule has 1 aliphatic carbocycles. The van der Waals surface area contributed by atoms with E-state index in [1.165, 1.54) is 40.0 Å². The van der Waals surface area contributed by atoms with Gasteiger partial charge in [-0.15, -0.1) is 0 Å². The van der Waals surface area contributed by atoms with Gasteiger partial charge in [0.1, 0.15) is 35.9 Å². The summed E-state index contributed by atoms with van der Waals surface area (Å²) in [6.45, 7) is 11.3. The number of hydrogen-bond acceptors (Lipinski definition) is 12. The molecule has 0 radical (unpaired) electrons. The van der Waals surface area contributed by atoms with Gasteiger partial charge in [-0.1, -0.05) is 93.6 Å². The number of carboxylic acids is 2. The van der Waals surface area contributed by atoms with Crippen LogP contribution in [0.5, 0.6) is 0 Å². The molecule has 0 spiro atoms. The summed E-state index contributed by atoms with van der Waals surface area (Å²) in [6.07, 6.45) is 7.62. The molecule has 1 aromatic carbocycles. The van der Waals surface area contributed by atoms with Crippen molar-refractivity contribution in [2.45, 2.75) is 134 Å². The number of carbonyl (C=O) groups excluding carboxylic acids is 7. The molecule has 23 heteroatoms. The number of rotatable bonds is 15. The number of methoxy groups -OCH3 is 1. The third-order valence-corrected chi connectivity index (χ3v) is 13.2. The molecule has 3 rings (SSSR count). The van der Waals surface area contributed by atoms with Crippen LogP contribution >= 0.6 is 0 Å². The highest BCUT2D eigenvalue weighted by atomic mass is 16.5. The Kier molecular flexibility index (Phi) is 24.8. The van der Waals surface area contributed by atoms with Crippen LogP contribution in [0.3, 0.4) is 0 Å². The van der Waals surface area contributed by atoms with E-state index in [0.717, 1.165) is 10.5 Å². The van der Waals surface area contributed by atoms with Crippen LogP contribution in [0.1, 0.15) is 85.1 Å². The largest absolute Gasteiger partial charge is 0.480 e. The standard InChI is InChI=1S/C52H76N10O13/c1-28(25-29(2)41(75-8)27-34-13-10-9-11-14-34)16-21-37-30(3)44(65)59-39(50(71)72)22-23-42(64)62(7)33(6)47(68)56-32(5)46(67)60-40(26-35-17-19-36(63)20-18-35)49(70)61-43(51(73)74)31(4)45(66)58-38(48(69)57-37)15-12-24-55-52(53)54/h9-11,13-14,16-17,19,21,25,29-32,35-41,43,63H,6,12,15,18,20,22-24,26-27H2,1-5,7-8H3,(H,56,68)(H,57,69)(H,58,66)(H,59,65)(H,60,67)(H,61,70)(H,71,72)(H,73,74)(H4,53,54,55)/b21-16+,28-25+/t29-,30-,31-,32+,35?,36?,37-,38-,39+,40?,41-,43+/m0/s1. The number of nitrogens with zero attached hydrogens (tertiary/aromatic N) is 2. The first-order valence-electron chi connectivity index (χ1n) is 24.9. The van der Waals surface area contributed by atoms with Gasteiger partial charge in [0.2, 0.25) is 35.4 Å². The van der Waals surface area contributed by atoms with E-state index >= 15 is 0 Å². The number of carboxylic acid groups (broad SMARTS) is 2. The summed E-state index contributed by atoms with van der Waals surface area (Å²) in [5, 5.41) is 45.8. The zero-order valence-electron chi connectivity index (χ0n) is 43.7. The fraction of sp³-hybridized carbons (Fsp3) is 0.538. The van der Waals surface area contributed by atoms with Crippen LogP contribution in [0.15, 0.2) is 83.6 Å². The molecular formula is C52H76N10O13. The van der Waals surface area contributed by atoms with Gasteiger partial charge in [0, 0.05) is 33.0 Å². The maximum atomic E-state index is 14.5. The molecule has 1 saturated heterocycles. The van der Waals surface area contributed by atoms with Gasteiger partial charge in [-0.2, -0.15) is 0 Å². The molecule has 2 aliphatic rings. The van der Waals surface area contributed by atoms with E-state index in [1.807, 2.05) is 43.3 Å². The number of nitrogens with one attached hydrogen (secondary N) is 6. The predicted octanol–water partition coefficient (Wildman–Crippen LogP) is 0.289. The highest BCUT2D eigenvalue weighted by Crippen LogP contribution is 2.23. The van der Waals surface area contributed by atoms with E-state index in [9.17, 15) is 58.5 Å². The van der Waals surface area contributed by atoms with E-state index < -0.39 is 126 Å². The fourth-order valence-electron chi connectivity index (χ4n) is 8.35. The monoisotopic (exact) mass is 1050 g/mol. The number of amides is 7. The van der Waals surface area contributed by atoms with Gasteiger partial charge < -0.3 is 68.3 Å². The van der Waals surface area contributed by atoms with Crippen molar-refractivity contribution in [1.29, 1.82) is 0 Å². The lowest BCUT2D eigenvalue weighted by molar-refractivity contribution is -0.146. The molecule has 7 amide bonds. The minimum atomic E-state index is -1.93. The number of carbonyl (C=O) groups is 9. The number of guanidine groups is 1. The van der Waals surface area contributed by atoms with Crippen molar-refractivity contribution in [3.8, 4) is 0 Å². The highest BCUT2D eigenvalue weighted by molar-refractivity contribution is 6.00. The van der Waals surface area contributed by atoms with E-state index in [-0.39, 0.29) is 49.7 Å². The number of hydrogen-bond donors (Lipinski definition) is 11. The Hall–Kier alpha value is -7.40. The molecule has 1 fully saturated rings. The van der Waals surface area contributed by atoms with Crippen LogP contribution in [-0.2, 0) is 54.3 Å². The second-order valence-electron chi connectivity index (χ2n) is 19.2. The molecule has 1 aromatic rings. The van der Waals surface area contributed by atoms with E-state index in [2.05, 4.69) is 43.5 Å². The Morgan fingerprint density at radius 3 is 2.08 bits per heavy atom. The van der Waals surface area contributed by atoms with E-state index in [1.54, 1.807) is 26.2 Å². The summed E-state index contributed by atoms with van der Waals surface area (Å²) in [5.74, 6) is -13.0. The van der Waals surface area contributed by atoms with Crippen molar-refractivity contribution in [3.63, 3.8) is 0 Å². The predicted molar refractivity (Wildman–Crippen MR) is 277 cm³/mol. The first-order valence-corrected chi connectivity index (χ1v) is 24.9. The Balaban J connectivity index is 2.13. The minimum absolute atomic E-state index is 0.00985. The summed E-state index contributed by atoms with van der Waals surface area (Å²) >= 11 is 0. The number of allylic oxidation sites excluding steroid dienone is 3. The van der Waals surface area contributed by atoms with Crippen LogP contribution in [0.25, 0.3) is 0 Å². The molecule has 75 heavy (non-hydrogen) atoms. The number of likely N-dealkylation sites (N-methyl/N-ethyl adjacent to an activating group) is 1. The topological polar surface area (TPSA) is 363 Å². The molecule has 0 bridgehead atoms. The molecular weight excluding hydrogens is 973 g/mol. The SMILES string of the molecule is C=C1C(=O)N[C@H](C)C(=O)NC(CC2C=CC(O)CC2)C(=O)N[C@@H](C(=O)O)[C@H](C)C(=O)N[C@@H](CCCN=C(N)N)C(=O)N[C@@H](/C=C/C(C)=C/[C@H](C)[C@H](Cc2ccccc2)OC)[C@H](C)C(=O)N[C@@H](C(=O)O)CCC(=O)N1C. The molecule has 1 aliphatic heterocycles. The third-order valence-electron chi connectivity index (χ3n) is 13.2. The summed E-state index contributed by atoms with van der Waals surface area (Å²) in [6, 6.07) is 0.729. The molecule has 0 aromatic heterocycles. The lowest BCUT2D eigenvalue weighted by atomic mass is 9.88. The van der Waals surface area contributed by atoms with Crippen LogP contribution in [0.4, 0.5) is 0 Å². The minimum Gasteiger partial charge on any atom is -0.480 e. The van der Waals surface area contributed by atoms with Crippen molar-refractivity contribution >= 4 is 59.2 Å². The van der Waals surface area contributed by atoms with Crippen molar-refractivity contribution in [1.82, 2.24) is 36.8 Å². The molecule has 23 nitrogen and oxygen atoms in total. The molecule has 1 heterocycles. The molecule has 3 unspecified atom stereocenters. The molecule has 412 valence electrons. The Labute approximate surface area is 437 Å². The number of aliphatic hydroxyl groups excluding tert-OH is 1. The van der Waals surface area contributed by atoms with Crippen LogP contribution in [-0.4, -0.2) is 149 Å². The van der Waals surface area contributed by atoms with Gasteiger partial charge >= 0.3 is 11.9 Å². The number of aliphatic hydroxyl groups is 1. The fourth-order valence-corrected chi connectivity index (χ4v) is 8.35. The second kappa shape index (κ2) is 30.1. The van der Waals surface area contributed by atoms with Crippen molar-refractivity contribution in [3.05, 3.63) is 84.1 Å². The summed E-state index contributed by atoms with van der Waals surface area (Å²) in [5.41, 5.74) is 12.4. The average Bonchev–Trinajstić information content (AvgIpc) is 3.36. The van der Waals surface area contributed by atoms with Crippen LogP contribution < -0.4 is 43.4 Å². The zero-order valence-corrected chi connectivity index (χ0v) is 43.7. The third kappa shape index (κ3) is 20.1. The maximum Gasteiger partial charge on any atom is 0.327 e. The summed E-state index contributed by atoms with van der Waals surface area (Å²) in [4.78, 5) is 127. The second-order valence-corrected chi connectivity index (χ2v) is 19.2. The van der Waals surface area contributed by atoms with E-state index in [4.69, 9.17) is 16.2 Å². The molecule has 0 saturated carbocycles. The van der Waals surface area contributed by atoms with Gasteiger partial charge in [-0.25, -0.2) is 9.59 Å². The summed E-state index contributed by atoms with van der Waals surface area (Å²) < 4.78 is 5.82. The smallest absolute Gasteiger partial charge is 0.327 e.